The van der Waals surface area contributed by atoms with E-state index in [1.807, 2.05) is 0 Å². The number of rotatable bonds is 8. The van der Waals surface area contributed by atoms with Crippen LogP contribution < -0.4 is 22.0 Å². The molecule has 0 amide bonds. The number of amidine groups is 8. The van der Waals surface area contributed by atoms with E-state index in [1.54, 1.807) is 0 Å². The summed E-state index contributed by atoms with van der Waals surface area (Å²) < 4.78 is 36.4. The number of aromatic nitrogens is 4. The summed E-state index contributed by atoms with van der Waals surface area (Å²) in [5.74, 6) is 7.33. The van der Waals surface area contributed by atoms with Gasteiger partial charge in [-0.2, -0.15) is 0 Å². The molecule has 12 heterocycles. The third-order valence-corrected chi connectivity index (χ3v) is 38.8. The van der Waals surface area contributed by atoms with Crippen molar-refractivity contribution >= 4 is 160 Å². The van der Waals surface area contributed by atoms with E-state index in [0.717, 1.165) is 152 Å². The molecular formula is C78H60Al2N16O3Si2. The smallest absolute Gasteiger partial charge is 0.489 e. The number of hydrogen-bond acceptors (Lipinski definition) is 15. The molecule has 2 saturated carbocycles. The zero-order chi connectivity index (χ0) is 66.4. The first-order chi connectivity index (χ1) is 49.8. The van der Waals surface area contributed by atoms with Gasteiger partial charge in [-0.3, -0.25) is 0 Å². The molecule has 2 atom stereocenters. The molecule has 10 aliphatic rings. The predicted octanol–water partition coefficient (Wildman–Crippen LogP) is 13.7. The summed E-state index contributed by atoms with van der Waals surface area (Å²) in [6, 6.07) is 67.3. The fourth-order valence-corrected chi connectivity index (χ4v) is 36.5. The molecule has 8 aromatic carbocycles. The molecule has 8 aliphatic heterocycles. The van der Waals surface area contributed by atoms with E-state index < -0.39 is 47.0 Å². The topological polar surface area (TPSA) is 196 Å². The van der Waals surface area contributed by atoms with E-state index in [0.29, 0.717) is 91.9 Å². The van der Waals surface area contributed by atoms with Crippen molar-refractivity contribution in [1.29, 1.82) is 0 Å². The highest BCUT2D eigenvalue weighted by Crippen LogP contribution is 2.50. The second-order valence-electron chi connectivity index (χ2n) is 28.1. The minimum absolute atomic E-state index is 0.0277. The van der Waals surface area contributed by atoms with Gasteiger partial charge < -0.3 is 25.3 Å². The molecule has 22 rings (SSSR count). The third-order valence-electron chi connectivity index (χ3n) is 22.3. The average molecular weight is 1380 g/mol. The summed E-state index contributed by atoms with van der Waals surface area (Å²) in [7, 11) is -7.65. The SMILES string of the molecule is C[Si]([O][Al]1[n]2c3c4ccccc4c2N=C2N=C(N=c4c5ccccc5c([n]41)=NC1=NC(=N3)c3ccccc31)c1ccccc12)(O[Si](C)([O][Al]1[n]2c3c4ccccc4c2N=C2N=C(N=c4c5ccccc5c([n]41)=NC1=NC(=N3)c3ccccc31)c1ccccc12)C1CCCCC1)C1CCCCC1. The Morgan fingerprint density at radius 3 is 0.733 bits per heavy atom. The van der Waals surface area contributed by atoms with Gasteiger partial charge in [0.05, 0.1) is 0 Å². The van der Waals surface area contributed by atoms with Gasteiger partial charge in [-0.15, -0.1) is 0 Å². The summed E-state index contributed by atoms with van der Waals surface area (Å²) in [6.45, 7) is 4.78. The minimum Gasteiger partial charge on any atom is -0.489 e. The van der Waals surface area contributed by atoms with Crippen molar-refractivity contribution in [1.82, 2.24) is 14.2 Å². The first-order valence-corrected chi connectivity index (χ1v) is 43.1. The van der Waals surface area contributed by atoms with Gasteiger partial charge in [-0.05, 0) is 38.8 Å². The van der Waals surface area contributed by atoms with Gasteiger partial charge in [0.25, 0.3) is 0 Å². The van der Waals surface area contributed by atoms with Crippen molar-refractivity contribution < 1.29 is 11.1 Å². The van der Waals surface area contributed by atoms with Gasteiger partial charge in [0.15, 0.2) is 46.7 Å². The lowest BCUT2D eigenvalue weighted by Crippen LogP contribution is -2.65. The molecule has 0 spiro atoms. The van der Waals surface area contributed by atoms with Crippen molar-refractivity contribution in [3.8, 4) is 0 Å². The standard InChI is InChI=1S/2C32H16N8.C14H28O3Si2.2Al/c2*1-2-10-18-17(9-1)25-33-26(18)38-28-21-13-5-6-14-22(21)30(35-28)40-32-24-16-8-7-15-23(24)31(36-32)39-29-20-12-4-3-11-19(20)27(34-29)37-25;1-18(15,13-9-5-3-6-10-13)17-19(2,16)14-11-7-4-8-12-14;;/h2*1-16H;13-14H,3-12H2,1-2H3;;/q3*-2;2*+3. The summed E-state index contributed by atoms with van der Waals surface area (Å²) in [5, 5.41) is 7.31. The van der Waals surface area contributed by atoms with Crippen LogP contribution in [0.5, 0.6) is 0 Å². The number of aliphatic imine (C=N–C) groups is 8. The Morgan fingerprint density at radius 1 is 0.267 bits per heavy atom. The van der Waals surface area contributed by atoms with Crippen LogP contribution in [0.15, 0.2) is 254 Å². The first-order valence-electron chi connectivity index (χ1n) is 35.3. The van der Waals surface area contributed by atoms with E-state index in [9.17, 15) is 0 Å². The highest BCUT2D eigenvalue weighted by molar-refractivity contribution is 6.87. The van der Waals surface area contributed by atoms with Gasteiger partial charge in [0.2, 0.25) is 0 Å². The lowest BCUT2D eigenvalue weighted by atomic mass is 10.0. The molecule has 484 valence electrons. The predicted molar refractivity (Wildman–Crippen MR) is 402 cm³/mol. The fourth-order valence-electron chi connectivity index (χ4n) is 17.5. The van der Waals surface area contributed by atoms with Crippen LogP contribution in [0, 0.1) is 0 Å². The van der Waals surface area contributed by atoms with E-state index >= 15 is 0 Å². The van der Waals surface area contributed by atoms with Crippen LogP contribution in [-0.2, 0) is 11.1 Å². The molecule has 2 fully saturated rings. The number of nitrogens with zero attached hydrogens (tertiary/aromatic N) is 16. The highest BCUT2D eigenvalue weighted by Gasteiger charge is 2.59. The van der Waals surface area contributed by atoms with Crippen molar-refractivity contribution in [2.45, 2.75) is 88.4 Å². The number of hydrogen-bond donors (Lipinski definition) is 0. The molecule has 19 nitrogen and oxygen atoms in total. The zero-order valence-electron chi connectivity index (χ0n) is 55.2. The second kappa shape index (κ2) is 22.2. The first kappa shape index (κ1) is 58.6. The molecule has 2 aliphatic carbocycles. The zero-order valence-corrected chi connectivity index (χ0v) is 59.5. The monoisotopic (exact) mass is 1380 g/mol. The Hall–Kier alpha value is -10.1. The van der Waals surface area contributed by atoms with Gasteiger partial charge >= 0.3 is 47.0 Å². The quantitative estimate of drug-likeness (QED) is 0.137. The highest BCUT2D eigenvalue weighted by atomic mass is 28.5. The molecule has 23 heteroatoms. The largest absolute Gasteiger partial charge is 0.800 e. The summed E-state index contributed by atoms with van der Waals surface area (Å²) in [6.07, 6.45) is 10.1. The fraction of sp³-hybridized carbons (Fsp3) is 0.179. The van der Waals surface area contributed by atoms with Crippen LogP contribution in [0.2, 0.25) is 24.2 Å². The molecule has 12 aromatic rings. The number of benzene rings is 8. The second-order valence-corrected chi connectivity index (χ2v) is 39.8. The van der Waals surface area contributed by atoms with Crippen LogP contribution in [0.1, 0.15) is 109 Å². The Bertz CT molecular complexity index is 5610. The third kappa shape index (κ3) is 8.73. The van der Waals surface area contributed by atoms with Gasteiger partial charge in [-0.25, -0.2) is 59.9 Å². The summed E-state index contributed by atoms with van der Waals surface area (Å²) in [5.41, 5.74) is 10.0. The molecule has 0 saturated heterocycles. The Labute approximate surface area is 590 Å². The summed E-state index contributed by atoms with van der Waals surface area (Å²) >= 11 is -7.09. The maximum Gasteiger partial charge on any atom is 0.800 e. The van der Waals surface area contributed by atoms with Crippen molar-refractivity contribution in [2.75, 3.05) is 0 Å². The molecule has 2 unspecified atom stereocenters. The average Bonchev–Trinajstić information content (AvgIpc) is 1.57. The van der Waals surface area contributed by atoms with Crippen LogP contribution >= 0.6 is 0 Å². The molecule has 101 heavy (non-hydrogen) atoms. The van der Waals surface area contributed by atoms with E-state index in [1.165, 1.54) is 0 Å². The van der Waals surface area contributed by atoms with Crippen molar-refractivity contribution in [3.05, 3.63) is 261 Å². The molecule has 4 aromatic heterocycles. The van der Waals surface area contributed by atoms with Crippen molar-refractivity contribution in [3.63, 3.8) is 0 Å². The van der Waals surface area contributed by atoms with Crippen LogP contribution in [0.3, 0.4) is 0 Å². The van der Waals surface area contributed by atoms with E-state index in [2.05, 4.69) is 221 Å². The van der Waals surface area contributed by atoms with Gasteiger partial charge in [-0.1, -0.05) is 233 Å². The number of fused-ring (bicyclic) bond motifs is 28. The van der Waals surface area contributed by atoms with Crippen molar-refractivity contribution in [2.24, 2.45) is 59.9 Å². The van der Waals surface area contributed by atoms with Gasteiger partial charge in [0.1, 0.15) is 45.2 Å². The minimum atomic E-state index is -3.83. The van der Waals surface area contributed by atoms with Gasteiger partial charge in [0, 0.05) is 98.7 Å². The molecule has 12 bridgehead atoms. The Balaban J connectivity index is 0.835. The van der Waals surface area contributed by atoms with E-state index in [4.69, 9.17) is 71.0 Å². The van der Waals surface area contributed by atoms with Crippen LogP contribution in [0.4, 0.5) is 23.3 Å². The van der Waals surface area contributed by atoms with Crippen LogP contribution in [-0.4, -0.2) is 108 Å². The normalized spacial score (nSPS) is 18.8. The molecular weight excluding hydrogens is 1320 g/mol. The van der Waals surface area contributed by atoms with E-state index in [-0.39, 0.29) is 11.1 Å². The Morgan fingerprint density at radius 2 is 0.485 bits per heavy atom. The molecule has 0 radical (unpaired) electrons. The lowest BCUT2D eigenvalue weighted by Gasteiger charge is -2.48. The maximum atomic E-state index is 9.01. The summed E-state index contributed by atoms with van der Waals surface area (Å²) in [4.78, 5) is 68.0. The maximum absolute atomic E-state index is 9.01. The molecule has 0 N–H and O–H groups in total. The van der Waals surface area contributed by atoms with Crippen LogP contribution in [0.25, 0.3) is 43.1 Å². The Kier molecular flexibility index (Phi) is 12.9. The lowest BCUT2D eigenvalue weighted by molar-refractivity contribution is 0.266.